The summed E-state index contributed by atoms with van der Waals surface area (Å²) in [6, 6.07) is 11.6. The van der Waals surface area contributed by atoms with E-state index in [1.54, 1.807) is 0 Å². The molecule has 29 heavy (non-hydrogen) atoms. The van der Waals surface area contributed by atoms with E-state index in [-0.39, 0.29) is 42.5 Å². The van der Waals surface area contributed by atoms with Gasteiger partial charge < -0.3 is 10.2 Å². The van der Waals surface area contributed by atoms with Crippen molar-refractivity contribution in [2.45, 2.75) is 4.75 Å². The maximum absolute atomic E-state index is 12.9. The lowest BCUT2D eigenvalue weighted by atomic mass is 9.83. The number of hydrogen-bond donors (Lipinski definition) is 3. The van der Waals surface area contributed by atoms with Crippen molar-refractivity contribution in [1.29, 1.82) is 0 Å². The summed E-state index contributed by atoms with van der Waals surface area (Å²) in [4.78, 5) is 0. The highest BCUT2D eigenvalue weighted by molar-refractivity contribution is 7.87. The summed E-state index contributed by atoms with van der Waals surface area (Å²) in [5.41, 5.74) is -0.209. The molecule has 3 N–H and O–H groups in total. The van der Waals surface area contributed by atoms with Crippen LogP contribution in [0.2, 0.25) is 20.1 Å². The molecule has 0 saturated heterocycles. The Bertz CT molecular complexity index is 1170. The monoisotopic (exact) mass is 492 g/mol. The first-order chi connectivity index (χ1) is 13.5. The summed E-state index contributed by atoms with van der Waals surface area (Å²) < 4.78 is 34.0. The van der Waals surface area contributed by atoms with Gasteiger partial charge in [-0.05, 0) is 41.5 Å². The first kappa shape index (κ1) is 22.0. The second-order valence-corrected chi connectivity index (χ2v) is 9.23. The average Bonchev–Trinajstić information content (AvgIpc) is 2.64. The molecule has 3 aromatic rings. The van der Waals surface area contributed by atoms with Crippen LogP contribution in [0, 0.1) is 0 Å². The van der Waals surface area contributed by atoms with E-state index in [4.69, 9.17) is 46.4 Å². The Morgan fingerprint density at radius 3 is 1.93 bits per heavy atom. The van der Waals surface area contributed by atoms with Gasteiger partial charge in [0.15, 0.2) is 4.75 Å². The molecule has 152 valence electrons. The van der Waals surface area contributed by atoms with E-state index in [2.05, 4.69) is 0 Å². The molecule has 0 heterocycles. The minimum absolute atomic E-state index is 0.0137. The van der Waals surface area contributed by atoms with Crippen molar-refractivity contribution in [2.75, 3.05) is 0 Å². The van der Waals surface area contributed by atoms with Crippen LogP contribution >= 0.6 is 46.4 Å². The van der Waals surface area contributed by atoms with Crippen LogP contribution in [0.3, 0.4) is 0 Å². The molecule has 10 heteroatoms. The van der Waals surface area contributed by atoms with Crippen molar-refractivity contribution < 1.29 is 23.2 Å². The third-order valence-electron chi connectivity index (χ3n) is 4.41. The number of hydrogen-bond acceptors (Lipinski definition) is 4. The Hall–Kier alpha value is -1.67. The van der Waals surface area contributed by atoms with Gasteiger partial charge >= 0.3 is 0 Å². The first-order valence-electron chi connectivity index (χ1n) is 7.89. The van der Waals surface area contributed by atoms with Crippen LogP contribution in [0.25, 0.3) is 0 Å². The second-order valence-electron chi connectivity index (χ2n) is 6.10. The zero-order valence-corrected chi connectivity index (χ0v) is 18.1. The minimum Gasteiger partial charge on any atom is -0.508 e. The van der Waals surface area contributed by atoms with E-state index < -0.39 is 20.6 Å². The highest BCUT2D eigenvalue weighted by Crippen LogP contribution is 2.50. The Balaban J connectivity index is 2.58. The Labute approximate surface area is 186 Å². The molecule has 0 aromatic heterocycles. The van der Waals surface area contributed by atoms with Crippen LogP contribution in [0.4, 0.5) is 0 Å². The number of phenolic OH excluding ortho intramolecular Hbond substituents is 2. The molecule has 0 fully saturated rings. The van der Waals surface area contributed by atoms with Crippen LogP contribution in [0.5, 0.6) is 11.5 Å². The van der Waals surface area contributed by atoms with E-state index in [1.165, 1.54) is 48.5 Å². The van der Waals surface area contributed by atoms with Gasteiger partial charge in [-0.25, -0.2) is 0 Å². The van der Waals surface area contributed by atoms with E-state index in [1.807, 2.05) is 0 Å². The summed E-state index contributed by atoms with van der Waals surface area (Å²) in [5.74, 6) is -0.633. The predicted molar refractivity (Wildman–Crippen MR) is 114 cm³/mol. The molecule has 0 aliphatic carbocycles. The number of benzene rings is 3. The first-order valence-corrected chi connectivity index (χ1v) is 10.8. The molecule has 0 bridgehead atoms. The number of aromatic hydroxyl groups is 2. The van der Waals surface area contributed by atoms with Crippen molar-refractivity contribution in [1.82, 2.24) is 0 Å². The van der Waals surface area contributed by atoms with E-state index in [0.29, 0.717) is 0 Å². The molecule has 1 unspecified atom stereocenters. The molecular weight excluding hydrogens is 482 g/mol. The van der Waals surface area contributed by atoms with Crippen molar-refractivity contribution in [3.05, 3.63) is 91.4 Å². The third kappa shape index (κ3) is 3.65. The SMILES string of the molecule is O=S(=O)(O)C(c1ccc(O)cc1)(c1cc(O)c(Cl)c(Cl)c1)c1cccc(Cl)c1Cl. The van der Waals surface area contributed by atoms with Gasteiger partial charge in [0.05, 0.1) is 15.1 Å². The lowest BCUT2D eigenvalue weighted by Gasteiger charge is -2.33. The number of halogens is 4. The highest BCUT2D eigenvalue weighted by Gasteiger charge is 2.50. The van der Waals surface area contributed by atoms with Gasteiger partial charge in [-0.2, -0.15) is 8.42 Å². The molecule has 0 saturated carbocycles. The summed E-state index contributed by atoms with van der Waals surface area (Å²) in [5, 5.41) is 19.4. The molecule has 3 rings (SSSR count). The normalized spacial score (nSPS) is 13.8. The smallest absolute Gasteiger partial charge is 0.283 e. The molecule has 0 amide bonds. The van der Waals surface area contributed by atoms with E-state index in [0.717, 1.165) is 6.07 Å². The Morgan fingerprint density at radius 2 is 1.38 bits per heavy atom. The summed E-state index contributed by atoms with van der Waals surface area (Å²) in [6.07, 6.45) is 0. The topological polar surface area (TPSA) is 94.8 Å². The van der Waals surface area contributed by atoms with Gasteiger partial charge in [0.1, 0.15) is 16.5 Å². The van der Waals surface area contributed by atoms with Crippen LogP contribution in [-0.4, -0.2) is 23.2 Å². The fourth-order valence-corrected chi connectivity index (χ4v) is 5.28. The Morgan fingerprint density at radius 1 is 0.759 bits per heavy atom. The van der Waals surface area contributed by atoms with Crippen molar-refractivity contribution in [2.24, 2.45) is 0 Å². The zero-order valence-electron chi connectivity index (χ0n) is 14.3. The fourth-order valence-electron chi connectivity index (χ4n) is 3.16. The van der Waals surface area contributed by atoms with Gasteiger partial charge in [0.25, 0.3) is 10.1 Å². The Kier molecular flexibility index (Phi) is 5.98. The zero-order chi connectivity index (χ0) is 21.6. The third-order valence-corrected chi connectivity index (χ3v) is 7.48. The molecular formula is C19H12Cl4O5S. The van der Waals surface area contributed by atoms with Crippen LogP contribution in [0.15, 0.2) is 54.6 Å². The van der Waals surface area contributed by atoms with Crippen molar-refractivity contribution in [3.63, 3.8) is 0 Å². The van der Waals surface area contributed by atoms with Gasteiger partial charge in [0, 0.05) is 5.56 Å². The molecule has 0 aliphatic rings. The van der Waals surface area contributed by atoms with Crippen molar-refractivity contribution in [3.8, 4) is 11.5 Å². The molecule has 0 aliphatic heterocycles. The number of rotatable bonds is 4. The van der Waals surface area contributed by atoms with Crippen LogP contribution in [0.1, 0.15) is 16.7 Å². The largest absolute Gasteiger partial charge is 0.508 e. The molecule has 0 radical (unpaired) electrons. The van der Waals surface area contributed by atoms with Gasteiger partial charge in [0.2, 0.25) is 0 Å². The van der Waals surface area contributed by atoms with Crippen molar-refractivity contribution >= 4 is 56.5 Å². The molecule has 0 spiro atoms. The minimum atomic E-state index is -5.02. The quantitative estimate of drug-likeness (QED) is 0.311. The summed E-state index contributed by atoms with van der Waals surface area (Å²) in [6.45, 7) is 0. The van der Waals surface area contributed by atoms with Gasteiger partial charge in [-0.15, -0.1) is 0 Å². The maximum atomic E-state index is 12.9. The van der Waals surface area contributed by atoms with E-state index in [9.17, 15) is 23.2 Å². The summed E-state index contributed by atoms with van der Waals surface area (Å²) >= 11 is 24.4. The van der Waals surface area contributed by atoms with Crippen LogP contribution in [-0.2, 0) is 14.9 Å². The highest BCUT2D eigenvalue weighted by atomic mass is 35.5. The average molecular weight is 494 g/mol. The van der Waals surface area contributed by atoms with Gasteiger partial charge in [-0.1, -0.05) is 70.7 Å². The maximum Gasteiger partial charge on any atom is 0.283 e. The predicted octanol–water partition coefficient (Wildman–Crippen LogP) is 5.89. The second kappa shape index (κ2) is 7.87. The number of phenols is 2. The molecule has 3 aromatic carbocycles. The van der Waals surface area contributed by atoms with Crippen LogP contribution < -0.4 is 0 Å². The lowest BCUT2D eigenvalue weighted by Crippen LogP contribution is -2.38. The lowest BCUT2D eigenvalue weighted by molar-refractivity contribution is 0.455. The molecule has 1 atom stereocenters. The standard InChI is InChI=1S/C19H12Cl4O5S/c20-14-3-1-2-13(17(14)22)19(29(26,27)28,10-4-6-12(24)7-5-10)11-8-15(21)18(23)16(25)9-11/h1-9,24-25H,(H,26,27,28). The molecule has 5 nitrogen and oxygen atoms in total. The van der Waals surface area contributed by atoms with Gasteiger partial charge in [-0.3, -0.25) is 4.55 Å². The fraction of sp³-hybridized carbons (Fsp3) is 0.0526. The summed E-state index contributed by atoms with van der Waals surface area (Å²) in [7, 11) is -5.02. The van der Waals surface area contributed by atoms with E-state index >= 15 is 0 Å².